The van der Waals surface area contributed by atoms with E-state index in [4.69, 9.17) is 20.7 Å². The fourth-order valence-electron chi connectivity index (χ4n) is 10.5. The molecule has 1 radical (unpaired) electrons. The van der Waals surface area contributed by atoms with Gasteiger partial charge in [-0.25, -0.2) is 14.7 Å². The van der Waals surface area contributed by atoms with Crippen molar-refractivity contribution >= 4 is 38.2 Å². The molecule has 0 bridgehead atoms. The standard InChI is InChI=1S/C48H27N5.C18H14O.C10H9NO.CH4.Al/c1-31-4-12-35(13-5-31)43-44(36-14-6-32(28-49)7-15-36)46(38-18-10-34(30-51)11-19-38)48(40-22-26-42(53-3)27-23-40)47(39-20-24-41(52-2)25-21-39)45(43)37-16-8-33(29-50)9-17-37;19-18-16(14-8-3-1-4-9-14)12-7-13-17(18)15-10-5-2-6-11-15;1-7-5-6-8-3-2-4-9(12)10(8)11-7;;/h4-27H,1H3;1-13,19H;2-6,12H,1H3;1H4;/q;;;;+2/p-2. The zero-order chi connectivity index (χ0) is 58.7. The largest absolute Gasteiger partial charge is 0.881 e. The quantitative estimate of drug-likeness (QED) is 0.0890. The van der Waals surface area contributed by atoms with Crippen molar-refractivity contribution in [3.05, 3.63) is 306 Å². The monoisotopic (exact) mass is 1120 g/mol. The summed E-state index contributed by atoms with van der Waals surface area (Å²) in [5.41, 5.74) is 20.6. The van der Waals surface area contributed by atoms with Gasteiger partial charge in [-0.1, -0.05) is 219 Å². The van der Waals surface area contributed by atoms with Gasteiger partial charge in [0.1, 0.15) is 11.3 Å². The number of rotatable bonds is 12. The smallest absolute Gasteiger partial charge is 0.615 e. The van der Waals surface area contributed by atoms with Gasteiger partial charge in [-0.05, 0) is 140 Å². The highest BCUT2D eigenvalue weighted by Crippen LogP contribution is 2.56. The molecule has 0 fully saturated rings. The van der Waals surface area contributed by atoms with Gasteiger partial charge in [-0.2, -0.15) is 15.8 Å². The first-order chi connectivity index (χ1) is 41.7. The lowest BCUT2D eigenvalue weighted by Crippen LogP contribution is -2.12. The maximum atomic E-state index is 9.77. The van der Waals surface area contributed by atoms with Crippen LogP contribution in [-0.2, 0) is 0 Å². The van der Waals surface area contributed by atoms with Gasteiger partial charge in [-0.3, -0.25) is 0 Å². The van der Waals surface area contributed by atoms with Crippen LogP contribution in [0.4, 0.5) is 11.4 Å². The average Bonchev–Trinajstić information content (AvgIpc) is 0.795. The predicted molar refractivity (Wildman–Crippen MR) is 348 cm³/mol. The Balaban J connectivity index is 0.000000212. The molecule has 0 unspecified atom stereocenters. The second kappa shape index (κ2) is 26.5. The first kappa shape index (κ1) is 57.6. The van der Waals surface area contributed by atoms with E-state index in [1.54, 1.807) is 0 Å². The van der Waals surface area contributed by atoms with Crippen molar-refractivity contribution in [2.45, 2.75) is 21.3 Å². The van der Waals surface area contributed by atoms with E-state index in [1.165, 1.54) is 0 Å². The Hall–Kier alpha value is -11.6. The van der Waals surface area contributed by atoms with E-state index in [0.717, 1.165) is 123 Å². The Kier molecular flexibility index (Phi) is 17.8. The maximum Gasteiger partial charge on any atom is 0.881 e. The molecule has 11 aromatic carbocycles. The molecule has 0 aliphatic heterocycles. The minimum Gasteiger partial charge on any atom is -0.615 e. The summed E-state index contributed by atoms with van der Waals surface area (Å²) in [5, 5.41) is 30.4. The highest BCUT2D eigenvalue weighted by Gasteiger charge is 2.29. The Morgan fingerprint density at radius 3 is 1.10 bits per heavy atom. The molecule has 1 aromatic heterocycles. The van der Waals surface area contributed by atoms with Gasteiger partial charge in [0.2, 0.25) is 0 Å². The van der Waals surface area contributed by atoms with Crippen LogP contribution in [0.2, 0.25) is 0 Å². The third kappa shape index (κ3) is 12.3. The normalized spacial score (nSPS) is 10.3. The number of hydrogen-bond acceptors (Lipinski definition) is 6. The number of fused-ring (bicyclic) bond motifs is 1. The number of nitrogens with zero attached hydrogens (tertiary/aromatic N) is 6. The summed E-state index contributed by atoms with van der Waals surface area (Å²) in [6, 6.07) is 89.9. The molecule has 86 heavy (non-hydrogen) atoms. The molecule has 0 amide bonds. The summed E-state index contributed by atoms with van der Waals surface area (Å²) in [6.07, 6.45) is 0. The van der Waals surface area contributed by atoms with Crippen molar-refractivity contribution in [3.63, 3.8) is 0 Å². The van der Waals surface area contributed by atoms with E-state index in [0.29, 0.717) is 28.1 Å². The molecule has 0 atom stereocenters. The molecular formula is C77H52AlN6O2. The van der Waals surface area contributed by atoms with Crippen molar-refractivity contribution in [1.29, 1.82) is 15.8 Å². The molecule has 0 spiro atoms. The molecule has 0 saturated carbocycles. The summed E-state index contributed by atoms with van der Waals surface area (Å²) in [6.45, 7) is 19.4. The average molecular weight is 1120 g/mol. The van der Waals surface area contributed by atoms with Crippen LogP contribution in [-0.4, -0.2) is 20.9 Å². The van der Waals surface area contributed by atoms with Gasteiger partial charge >= 0.3 is 15.9 Å². The molecule has 0 aliphatic carbocycles. The van der Waals surface area contributed by atoms with E-state index < -0.39 is 15.9 Å². The van der Waals surface area contributed by atoms with Gasteiger partial charge in [0.25, 0.3) is 0 Å². The van der Waals surface area contributed by atoms with E-state index >= 15 is 0 Å². The van der Waals surface area contributed by atoms with Crippen molar-refractivity contribution in [1.82, 2.24) is 4.98 Å². The van der Waals surface area contributed by atoms with Crippen LogP contribution in [0.1, 0.15) is 35.4 Å². The summed E-state index contributed by atoms with van der Waals surface area (Å²) in [5.74, 6) is 1.59. The topological polar surface area (TPSA) is 111 Å². The number of hydrogen-bond donors (Lipinski definition) is 0. The van der Waals surface area contributed by atoms with Gasteiger partial charge in [0.15, 0.2) is 11.4 Å². The number of aryl methyl sites for hydroxylation is 2. The van der Waals surface area contributed by atoms with E-state index in [9.17, 15) is 15.8 Å². The number of pyridine rings is 1. The highest BCUT2D eigenvalue weighted by atomic mass is 27.2. The lowest BCUT2D eigenvalue weighted by molar-refractivity contribution is 0.463. The first-order valence-corrected chi connectivity index (χ1v) is 28.2. The van der Waals surface area contributed by atoms with Crippen LogP contribution >= 0.6 is 0 Å². The van der Waals surface area contributed by atoms with Crippen LogP contribution in [0.5, 0.6) is 11.5 Å². The molecule has 12 rings (SSSR count). The summed E-state index contributed by atoms with van der Waals surface area (Å²) >= 11 is -0.794. The molecule has 405 valence electrons. The zero-order valence-corrected chi connectivity index (χ0v) is 47.5. The van der Waals surface area contributed by atoms with Gasteiger partial charge in [0.05, 0.1) is 53.8 Å². The van der Waals surface area contributed by atoms with Crippen LogP contribution in [0.25, 0.3) is 110 Å². The van der Waals surface area contributed by atoms with E-state index in [1.807, 2.05) is 189 Å². The molecule has 0 saturated heterocycles. The maximum absolute atomic E-state index is 9.77. The summed E-state index contributed by atoms with van der Waals surface area (Å²) in [4.78, 5) is 12.0. The van der Waals surface area contributed by atoms with Crippen molar-refractivity contribution in [2.75, 3.05) is 0 Å². The van der Waals surface area contributed by atoms with Gasteiger partial charge in [-0.15, -0.1) is 0 Å². The Morgan fingerprint density at radius 2 is 0.733 bits per heavy atom. The molecule has 12 aromatic rings. The minimum absolute atomic E-state index is 0. The second-order valence-electron chi connectivity index (χ2n) is 20.0. The highest BCUT2D eigenvalue weighted by molar-refractivity contribution is 6.22. The van der Waals surface area contributed by atoms with Crippen molar-refractivity contribution in [2.24, 2.45) is 0 Å². The van der Waals surface area contributed by atoms with Crippen LogP contribution in [0.3, 0.4) is 0 Å². The third-order valence-corrected chi connectivity index (χ3v) is 15.3. The third-order valence-electron chi connectivity index (χ3n) is 14.7. The molecule has 1 heterocycles. The molecule has 9 heteroatoms. The number of benzene rings is 11. The first-order valence-electron chi connectivity index (χ1n) is 27.3. The predicted octanol–water partition coefficient (Wildman–Crippen LogP) is 20.2. The number of para-hydroxylation sites is 2. The van der Waals surface area contributed by atoms with E-state index in [-0.39, 0.29) is 7.43 Å². The SMILES string of the molecule is C.Cc1ccc2cccc([O][Al][O]c3c(-c4ccccc4)cccc3-c3ccccc3)c2n1.[C-]#[N+]c1ccc(-c2c(-c3ccc(C#N)cc3)c(-c3ccc(C)cc3)c(-c3ccc(C#N)cc3)c(-c3ccc(C#N)cc3)c2-c2ccc([N+]#[C-])cc2)cc1. The molecular weight excluding hydrogens is 1070 g/mol. The van der Waals surface area contributed by atoms with E-state index in [2.05, 4.69) is 113 Å². The lowest BCUT2D eigenvalue weighted by Gasteiger charge is -2.29. The minimum atomic E-state index is -0.794. The van der Waals surface area contributed by atoms with Crippen molar-refractivity contribution < 1.29 is 7.58 Å². The number of nitriles is 3. The summed E-state index contributed by atoms with van der Waals surface area (Å²) < 4.78 is 12.6. The van der Waals surface area contributed by atoms with Crippen LogP contribution in [0.15, 0.2) is 255 Å². The Bertz CT molecular complexity index is 4430. The fraction of sp³-hybridized carbons (Fsp3) is 0.0390. The Labute approximate surface area is 509 Å². The van der Waals surface area contributed by atoms with Crippen LogP contribution in [0, 0.1) is 61.0 Å². The van der Waals surface area contributed by atoms with Gasteiger partial charge < -0.3 is 7.58 Å². The molecule has 0 aliphatic rings. The second-order valence-corrected chi connectivity index (χ2v) is 20.7. The van der Waals surface area contributed by atoms with Crippen LogP contribution < -0.4 is 7.58 Å². The van der Waals surface area contributed by atoms with Gasteiger partial charge in [0, 0.05) is 22.2 Å². The zero-order valence-electron chi connectivity index (χ0n) is 46.3. The lowest BCUT2D eigenvalue weighted by atomic mass is 9.74. The fourth-order valence-corrected chi connectivity index (χ4v) is 11.2. The molecule has 8 nitrogen and oxygen atoms in total. The molecule has 0 N–H and O–H groups in total. The number of aromatic nitrogens is 1. The van der Waals surface area contributed by atoms with Crippen molar-refractivity contribution in [3.8, 4) is 119 Å². The Morgan fingerprint density at radius 1 is 0.372 bits per heavy atom. The summed E-state index contributed by atoms with van der Waals surface area (Å²) in [7, 11) is 0.